The van der Waals surface area contributed by atoms with Crippen LogP contribution in [0.5, 0.6) is 0 Å². The largest absolute Gasteiger partial charge is 0.239 e. The van der Waals surface area contributed by atoms with E-state index in [1.54, 1.807) is 0 Å². The molecular formula is C18H32O4. The Morgan fingerprint density at radius 2 is 1.00 bits per heavy atom. The lowest BCUT2D eigenvalue weighted by molar-refractivity contribution is -0.574. The molecule has 4 bridgehead atoms. The molecule has 0 aromatic rings. The van der Waals surface area contributed by atoms with E-state index in [4.69, 9.17) is 19.6 Å². The number of hydrogen-bond donors (Lipinski definition) is 0. The molecule has 0 unspecified atom stereocenters. The average molecular weight is 312 g/mol. The molecule has 0 heterocycles. The van der Waals surface area contributed by atoms with Crippen LogP contribution in [0.2, 0.25) is 0 Å². The maximum absolute atomic E-state index is 6.02. The molecule has 4 fully saturated rings. The van der Waals surface area contributed by atoms with E-state index in [9.17, 15) is 0 Å². The third-order valence-corrected chi connectivity index (χ3v) is 5.12. The van der Waals surface area contributed by atoms with Gasteiger partial charge in [0.05, 0.1) is 11.2 Å². The van der Waals surface area contributed by atoms with Gasteiger partial charge in [0.25, 0.3) is 0 Å². The van der Waals surface area contributed by atoms with Crippen molar-refractivity contribution in [3.63, 3.8) is 0 Å². The summed E-state index contributed by atoms with van der Waals surface area (Å²) >= 11 is 0. The van der Waals surface area contributed by atoms with Gasteiger partial charge in [0.1, 0.15) is 0 Å². The topological polar surface area (TPSA) is 36.9 Å². The third kappa shape index (κ3) is 3.35. The van der Waals surface area contributed by atoms with Crippen LogP contribution in [0.15, 0.2) is 0 Å². The molecule has 128 valence electrons. The van der Waals surface area contributed by atoms with Gasteiger partial charge in [-0.2, -0.15) is 9.78 Å². The zero-order valence-corrected chi connectivity index (χ0v) is 15.0. The quantitative estimate of drug-likeness (QED) is 0.431. The summed E-state index contributed by atoms with van der Waals surface area (Å²) in [7, 11) is 0. The average Bonchev–Trinajstić information content (AvgIpc) is 2.34. The lowest BCUT2D eigenvalue weighted by Crippen LogP contribution is -2.61. The van der Waals surface area contributed by atoms with E-state index in [1.165, 1.54) is 32.1 Å². The highest BCUT2D eigenvalue weighted by Gasteiger charge is 2.62. The summed E-state index contributed by atoms with van der Waals surface area (Å²) in [5.74, 6) is 1.72. The fraction of sp³-hybridized carbons (Fsp3) is 1.00. The molecule has 4 aliphatic carbocycles. The van der Waals surface area contributed by atoms with Crippen molar-refractivity contribution in [3.05, 3.63) is 0 Å². The van der Waals surface area contributed by atoms with Gasteiger partial charge in [-0.05, 0) is 85.5 Å². The van der Waals surface area contributed by atoms with Crippen molar-refractivity contribution >= 4 is 0 Å². The molecule has 0 spiro atoms. The van der Waals surface area contributed by atoms with Crippen LogP contribution < -0.4 is 0 Å². The van der Waals surface area contributed by atoms with Crippen molar-refractivity contribution in [1.29, 1.82) is 0 Å². The van der Waals surface area contributed by atoms with Crippen LogP contribution >= 0.6 is 0 Å². The molecule has 4 aliphatic rings. The Morgan fingerprint density at radius 1 is 0.636 bits per heavy atom. The van der Waals surface area contributed by atoms with Gasteiger partial charge < -0.3 is 0 Å². The van der Waals surface area contributed by atoms with Crippen molar-refractivity contribution < 1.29 is 19.6 Å². The maximum atomic E-state index is 6.02. The van der Waals surface area contributed by atoms with Crippen LogP contribution in [0.1, 0.15) is 73.6 Å². The van der Waals surface area contributed by atoms with Gasteiger partial charge in [0.15, 0.2) is 0 Å². The first kappa shape index (κ1) is 16.7. The standard InChI is InChI=1S/C18H32O4/c1-16(2,3)19-21-18(22-20-17(4,5)6)14-8-12-7-13(10-14)11-15(18)9-12/h12-15H,7-11H2,1-6H3. The van der Waals surface area contributed by atoms with E-state index in [0.29, 0.717) is 11.8 Å². The predicted molar refractivity (Wildman–Crippen MR) is 83.6 cm³/mol. The summed E-state index contributed by atoms with van der Waals surface area (Å²) in [6.07, 6.45) is 6.09. The molecule has 0 amide bonds. The molecule has 0 aromatic heterocycles. The molecule has 0 radical (unpaired) electrons. The summed E-state index contributed by atoms with van der Waals surface area (Å²) in [5.41, 5.74) is -0.709. The predicted octanol–water partition coefficient (Wildman–Crippen LogP) is 4.63. The summed E-state index contributed by atoms with van der Waals surface area (Å²) in [5, 5.41) is 0. The second-order valence-corrected chi connectivity index (χ2v) is 9.58. The van der Waals surface area contributed by atoms with Crippen LogP contribution in [-0.4, -0.2) is 17.0 Å². The Kier molecular flexibility index (Phi) is 4.13. The molecule has 0 atom stereocenters. The van der Waals surface area contributed by atoms with Gasteiger partial charge >= 0.3 is 0 Å². The molecule has 0 aliphatic heterocycles. The minimum atomic E-state index is -0.728. The summed E-state index contributed by atoms with van der Waals surface area (Å²) in [6.45, 7) is 12.0. The SMILES string of the molecule is CC(C)(C)OOC1(OOC(C)(C)C)C2CC3CC(C2)CC1C3. The van der Waals surface area contributed by atoms with Crippen molar-refractivity contribution in [2.75, 3.05) is 0 Å². The smallest absolute Gasteiger partial charge is 0.228 e. The Labute approximate surface area is 134 Å². The number of hydrogen-bond acceptors (Lipinski definition) is 4. The highest BCUT2D eigenvalue weighted by atomic mass is 17.3. The first-order chi connectivity index (χ1) is 10.1. The van der Waals surface area contributed by atoms with Crippen LogP contribution in [-0.2, 0) is 19.6 Å². The molecule has 0 N–H and O–H groups in total. The van der Waals surface area contributed by atoms with Crippen LogP contribution in [0.4, 0.5) is 0 Å². The van der Waals surface area contributed by atoms with Gasteiger partial charge in [-0.25, -0.2) is 9.78 Å². The molecule has 22 heavy (non-hydrogen) atoms. The van der Waals surface area contributed by atoms with E-state index in [1.807, 2.05) is 41.5 Å². The first-order valence-electron chi connectivity index (χ1n) is 8.81. The van der Waals surface area contributed by atoms with E-state index in [-0.39, 0.29) is 11.2 Å². The molecule has 4 rings (SSSR count). The summed E-state index contributed by atoms with van der Waals surface area (Å²) in [6, 6.07) is 0. The van der Waals surface area contributed by atoms with E-state index in [2.05, 4.69) is 0 Å². The van der Waals surface area contributed by atoms with Crippen molar-refractivity contribution in [2.24, 2.45) is 23.7 Å². The van der Waals surface area contributed by atoms with Crippen LogP contribution in [0.25, 0.3) is 0 Å². The van der Waals surface area contributed by atoms with E-state index >= 15 is 0 Å². The fourth-order valence-electron chi connectivity index (χ4n) is 4.51. The zero-order chi connectivity index (χ0) is 16.2. The second-order valence-electron chi connectivity index (χ2n) is 9.58. The summed E-state index contributed by atoms with van der Waals surface area (Å²) in [4.78, 5) is 23.5. The molecule has 4 heteroatoms. The lowest BCUT2D eigenvalue weighted by atomic mass is 9.53. The molecule has 4 nitrogen and oxygen atoms in total. The molecule has 4 saturated carbocycles. The maximum Gasteiger partial charge on any atom is 0.239 e. The molecule has 0 saturated heterocycles. The normalized spacial score (nSPS) is 36.8. The van der Waals surface area contributed by atoms with Crippen LogP contribution in [0.3, 0.4) is 0 Å². The lowest BCUT2D eigenvalue weighted by Gasteiger charge is -2.58. The first-order valence-corrected chi connectivity index (χ1v) is 8.81. The van der Waals surface area contributed by atoms with Gasteiger partial charge in [-0.1, -0.05) is 0 Å². The Bertz CT molecular complexity index is 356. The molecule has 0 aromatic carbocycles. The fourth-order valence-corrected chi connectivity index (χ4v) is 4.51. The number of rotatable bonds is 4. The van der Waals surface area contributed by atoms with Gasteiger partial charge in [0.2, 0.25) is 5.79 Å². The third-order valence-electron chi connectivity index (χ3n) is 5.12. The zero-order valence-electron chi connectivity index (χ0n) is 15.0. The minimum absolute atomic E-state index is 0.354. The second kappa shape index (κ2) is 5.44. The van der Waals surface area contributed by atoms with Crippen molar-refractivity contribution in [3.8, 4) is 0 Å². The Morgan fingerprint density at radius 3 is 1.32 bits per heavy atom. The van der Waals surface area contributed by atoms with E-state index in [0.717, 1.165) is 11.8 Å². The highest BCUT2D eigenvalue weighted by Crippen LogP contribution is 2.60. The van der Waals surface area contributed by atoms with Gasteiger partial charge in [0, 0.05) is 11.8 Å². The molecular weight excluding hydrogens is 280 g/mol. The van der Waals surface area contributed by atoms with Gasteiger partial charge in [-0.15, -0.1) is 0 Å². The van der Waals surface area contributed by atoms with Crippen molar-refractivity contribution in [1.82, 2.24) is 0 Å². The Hall–Kier alpha value is -0.160. The monoisotopic (exact) mass is 312 g/mol. The van der Waals surface area contributed by atoms with E-state index < -0.39 is 5.79 Å². The minimum Gasteiger partial charge on any atom is -0.228 e. The van der Waals surface area contributed by atoms with Crippen LogP contribution in [0, 0.1) is 23.7 Å². The summed E-state index contributed by atoms with van der Waals surface area (Å²) < 4.78 is 0. The van der Waals surface area contributed by atoms with Crippen molar-refractivity contribution in [2.45, 2.75) is 90.6 Å². The highest BCUT2D eigenvalue weighted by molar-refractivity contribution is 5.03. The Balaban J connectivity index is 1.80. The van der Waals surface area contributed by atoms with Gasteiger partial charge in [-0.3, -0.25) is 0 Å².